The molecule has 1 aromatic carbocycles. The number of hydrogen-bond donors (Lipinski definition) is 1. The van der Waals surface area contributed by atoms with Crippen LogP contribution in [-0.4, -0.2) is 16.9 Å². The molecular formula is C14H17BrO3. The van der Waals surface area contributed by atoms with Crippen LogP contribution >= 0.6 is 15.9 Å². The second-order valence-electron chi connectivity index (χ2n) is 4.29. The van der Waals surface area contributed by atoms with E-state index in [2.05, 4.69) is 15.9 Å². The average Bonchev–Trinajstić information content (AvgIpc) is 2.34. The molecule has 0 spiro atoms. The molecule has 0 aliphatic rings. The molecule has 4 heteroatoms. The highest BCUT2D eigenvalue weighted by atomic mass is 79.9. The van der Waals surface area contributed by atoms with Crippen molar-refractivity contribution >= 4 is 27.7 Å². The average molecular weight is 313 g/mol. The monoisotopic (exact) mass is 312 g/mol. The van der Waals surface area contributed by atoms with Gasteiger partial charge in [-0.25, -0.2) is 0 Å². The lowest BCUT2D eigenvalue weighted by molar-refractivity contribution is -0.146. The number of unbranched alkanes of at least 4 members (excludes halogenated alkanes) is 1. The van der Waals surface area contributed by atoms with Gasteiger partial charge in [-0.05, 0) is 30.5 Å². The number of carboxylic acids is 1. The van der Waals surface area contributed by atoms with Crippen molar-refractivity contribution in [1.29, 1.82) is 0 Å². The fourth-order valence-corrected chi connectivity index (χ4v) is 1.98. The molecule has 0 amide bonds. The normalized spacial score (nSPS) is 12.1. The maximum atomic E-state index is 11.8. The number of carboxylic acid groups (broad SMARTS) is 1. The molecule has 98 valence electrons. The van der Waals surface area contributed by atoms with Crippen molar-refractivity contribution in [3.63, 3.8) is 0 Å². The molecule has 0 saturated heterocycles. The van der Waals surface area contributed by atoms with E-state index in [4.69, 9.17) is 5.11 Å². The van der Waals surface area contributed by atoms with Gasteiger partial charge in [-0.1, -0.05) is 41.4 Å². The number of carbonyl (C=O) groups is 2. The fraction of sp³-hybridized carbons (Fsp3) is 0.429. The summed E-state index contributed by atoms with van der Waals surface area (Å²) < 4.78 is 0.940. The molecular weight excluding hydrogens is 296 g/mol. The van der Waals surface area contributed by atoms with Crippen molar-refractivity contribution in [3.8, 4) is 0 Å². The van der Waals surface area contributed by atoms with Crippen molar-refractivity contribution in [1.82, 2.24) is 0 Å². The van der Waals surface area contributed by atoms with E-state index >= 15 is 0 Å². The van der Waals surface area contributed by atoms with Gasteiger partial charge in [0, 0.05) is 10.9 Å². The molecule has 0 saturated carbocycles. The summed E-state index contributed by atoms with van der Waals surface area (Å²) in [5, 5.41) is 9.13. The Morgan fingerprint density at radius 3 is 2.39 bits per heavy atom. The van der Waals surface area contributed by atoms with Gasteiger partial charge in [0.1, 0.15) is 11.7 Å². The van der Waals surface area contributed by atoms with Crippen molar-refractivity contribution in [3.05, 3.63) is 34.3 Å². The van der Waals surface area contributed by atoms with Crippen LogP contribution in [0.5, 0.6) is 0 Å². The maximum Gasteiger partial charge on any atom is 0.314 e. The Bertz CT molecular complexity index is 412. The minimum Gasteiger partial charge on any atom is -0.481 e. The Labute approximate surface area is 115 Å². The molecule has 0 bridgehead atoms. The van der Waals surface area contributed by atoms with Gasteiger partial charge in [0.15, 0.2) is 0 Å². The van der Waals surface area contributed by atoms with Gasteiger partial charge in [-0.2, -0.15) is 0 Å². The van der Waals surface area contributed by atoms with Crippen LogP contribution in [0.4, 0.5) is 0 Å². The van der Waals surface area contributed by atoms with Crippen molar-refractivity contribution in [2.45, 2.75) is 32.6 Å². The number of carbonyl (C=O) groups excluding carboxylic acids is 1. The topological polar surface area (TPSA) is 54.4 Å². The summed E-state index contributed by atoms with van der Waals surface area (Å²) in [7, 11) is 0. The second-order valence-corrected chi connectivity index (χ2v) is 5.21. The Morgan fingerprint density at radius 1 is 1.28 bits per heavy atom. The molecule has 0 aliphatic carbocycles. The second kappa shape index (κ2) is 7.31. The highest BCUT2D eigenvalue weighted by Gasteiger charge is 2.25. The van der Waals surface area contributed by atoms with Crippen LogP contribution in [0.1, 0.15) is 31.7 Å². The third kappa shape index (κ3) is 4.61. The number of Topliss-reactive ketones (excluding diaryl/α,β-unsaturated/α-hetero) is 1. The first-order valence-electron chi connectivity index (χ1n) is 6.04. The Morgan fingerprint density at radius 2 is 1.89 bits per heavy atom. The van der Waals surface area contributed by atoms with Crippen LogP contribution in [0.3, 0.4) is 0 Å². The zero-order valence-electron chi connectivity index (χ0n) is 10.4. The molecule has 0 heterocycles. The van der Waals surface area contributed by atoms with Gasteiger partial charge in [0.05, 0.1) is 0 Å². The van der Waals surface area contributed by atoms with Crippen LogP contribution < -0.4 is 0 Å². The lowest BCUT2D eigenvalue weighted by atomic mass is 9.92. The van der Waals surface area contributed by atoms with E-state index in [-0.39, 0.29) is 12.2 Å². The summed E-state index contributed by atoms with van der Waals surface area (Å²) in [6.45, 7) is 1.98. The van der Waals surface area contributed by atoms with Gasteiger partial charge in [0.2, 0.25) is 0 Å². The van der Waals surface area contributed by atoms with E-state index in [9.17, 15) is 9.59 Å². The molecule has 18 heavy (non-hydrogen) atoms. The highest BCUT2D eigenvalue weighted by molar-refractivity contribution is 9.10. The number of rotatable bonds is 7. The fourth-order valence-electron chi connectivity index (χ4n) is 1.72. The first-order valence-corrected chi connectivity index (χ1v) is 6.84. The summed E-state index contributed by atoms with van der Waals surface area (Å²) in [5.41, 5.74) is 0.871. The molecule has 3 nitrogen and oxygen atoms in total. The molecule has 1 aromatic rings. The van der Waals surface area contributed by atoms with Crippen LogP contribution in [0.25, 0.3) is 0 Å². The number of ketones is 1. The summed E-state index contributed by atoms with van der Waals surface area (Å²) in [4.78, 5) is 23.0. The SMILES string of the molecule is CCCCC(=O)C(Cc1ccc(Br)cc1)C(=O)O. The minimum atomic E-state index is -1.03. The van der Waals surface area contributed by atoms with E-state index in [0.29, 0.717) is 6.42 Å². The number of benzene rings is 1. The zero-order chi connectivity index (χ0) is 13.5. The molecule has 0 radical (unpaired) electrons. The molecule has 1 unspecified atom stereocenters. The van der Waals surface area contributed by atoms with E-state index in [1.807, 2.05) is 31.2 Å². The molecule has 1 rings (SSSR count). The van der Waals surface area contributed by atoms with Gasteiger partial charge >= 0.3 is 5.97 Å². The zero-order valence-corrected chi connectivity index (χ0v) is 11.9. The van der Waals surface area contributed by atoms with Gasteiger partial charge < -0.3 is 5.11 Å². The Balaban J connectivity index is 2.71. The van der Waals surface area contributed by atoms with Gasteiger partial charge in [-0.15, -0.1) is 0 Å². The Kier molecular flexibility index (Phi) is 6.05. The molecule has 1 N–H and O–H groups in total. The molecule has 0 fully saturated rings. The van der Waals surface area contributed by atoms with Crippen LogP contribution in [0.15, 0.2) is 28.7 Å². The van der Waals surface area contributed by atoms with Crippen molar-refractivity contribution in [2.24, 2.45) is 5.92 Å². The number of hydrogen-bond acceptors (Lipinski definition) is 2. The molecule has 1 atom stereocenters. The summed E-state index contributed by atoms with van der Waals surface area (Å²) in [6, 6.07) is 7.38. The Hall–Kier alpha value is -1.16. The largest absolute Gasteiger partial charge is 0.481 e. The summed E-state index contributed by atoms with van der Waals surface area (Å²) in [6.07, 6.45) is 2.27. The third-order valence-corrected chi connectivity index (χ3v) is 3.35. The van der Waals surface area contributed by atoms with Gasteiger partial charge in [0.25, 0.3) is 0 Å². The van der Waals surface area contributed by atoms with Crippen molar-refractivity contribution in [2.75, 3.05) is 0 Å². The summed E-state index contributed by atoms with van der Waals surface area (Å²) in [5.74, 6) is -2.12. The first kappa shape index (κ1) is 14.9. The smallest absolute Gasteiger partial charge is 0.314 e. The predicted octanol–water partition coefficient (Wildman–Crippen LogP) is 3.45. The van der Waals surface area contributed by atoms with Crippen molar-refractivity contribution < 1.29 is 14.7 Å². The summed E-state index contributed by atoms with van der Waals surface area (Å²) >= 11 is 3.32. The lowest BCUT2D eigenvalue weighted by Crippen LogP contribution is -2.25. The van der Waals surface area contributed by atoms with E-state index in [1.54, 1.807) is 0 Å². The van der Waals surface area contributed by atoms with Gasteiger partial charge in [-0.3, -0.25) is 9.59 Å². The quantitative estimate of drug-likeness (QED) is 0.784. The van der Waals surface area contributed by atoms with E-state index in [1.165, 1.54) is 0 Å². The third-order valence-electron chi connectivity index (χ3n) is 2.82. The first-order chi connectivity index (χ1) is 8.54. The van der Waals surface area contributed by atoms with E-state index < -0.39 is 11.9 Å². The highest BCUT2D eigenvalue weighted by Crippen LogP contribution is 2.16. The van der Waals surface area contributed by atoms with Crippen LogP contribution in [-0.2, 0) is 16.0 Å². The number of aliphatic carboxylic acids is 1. The maximum absolute atomic E-state index is 11.8. The van der Waals surface area contributed by atoms with Crippen LogP contribution in [0.2, 0.25) is 0 Å². The number of halogens is 1. The van der Waals surface area contributed by atoms with E-state index in [0.717, 1.165) is 22.9 Å². The molecule has 0 aliphatic heterocycles. The predicted molar refractivity (Wildman–Crippen MR) is 73.5 cm³/mol. The minimum absolute atomic E-state index is 0.174. The standard InChI is InChI=1S/C14H17BrO3/c1-2-3-4-13(16)12(14(17)18)9-10-5-7-11(15)8-6-10/h5-8,12H,2-4,9H2,1H3,(H,17,18). The lowest BCUT2D eigenvalue weighted by Gasteiger charge is -2.11. The molecule has 0 aromatic heterocycles. The van der Waals surface area contributed by atoms with Crippen LogP contribution in [0, 0.1) is 5.92 Å².